The Morgan fingerprint density at radius 1 is 1.05 bits per heavy atom. The molecule has 0 amide bonds. The number of aromatic hydroxyl groups is 1. The molecule has 0 bridgehead atoms. The van der Waals surface area contributed by atoms with Crippen LogP contribution in [-0.4, -0.2) is 10.1 Å². The molecule has 0 saturated carbocycles. The van der Waals surface area contributed by atoms with Crippen LogP contribution in [-0.2, 0) is 0 Å². The molecule has 0 radical (unpaired) electrons. The van der Waals surface area contributed by atoms with E-state index in [-0.39, 0.29) is 5.75 Å². The van der Waals surface area contributed by atoms with Gasteiger partial charge in [0.2, 0.25) is 0 Å². The van der Waals surface area contributed by atoms with Crippen LogP contribution in [0.2, 0.25) is 0 Å². The van der Waals surface area contributed by atoms with Gasteiger partial charge < -0.3 is 5.11 Å². The highest BCUT2D eigenvalue weighted by atomic mass is 32.1. The van der Waals surface area contributed by atoms with Gasteiger partial charge in [0.05, 0.1) is 9.71 Å². The summed E-state index contributed by atoms with van der Waals surface area (Å²) in [5.41, 5.74) is 2.42. The van der Waals surface area contributed by atoms with Crippen molar-refractivity contribution in [3.05, 3.63) is 58.6 Å². The fourth-order valence-electron chi connectivity index (χ4n) is 1.86. The zero-order chi connectivity index (χ0) is 13.2. The minimum Gasteiger partial charge on any atom is -0.506 e. The molecule has 2 nitrogen and oxygen atoms in total. The lowest BCUT2D eigenvalue weighted by atomic mass is 10.1. The molecule has 19 heavy (non-hydrogen) atoms. The number of aromatic nitrogens is 1. The standard InChI is InChI=1S/C16H11NOS/c1-11-17-16-14(18)9-13(10-15(16)19-11)8-7-12-5-3-2-4-6-12/h2-6,9-10,18H,1H3. The van der Waals surface area contributed by atoms with E-state index in [0.717, 1.165) is 20.8 Å². The van der Waals surface area contributed by atoms with Gasteiger partial charge in [0.1, 0.15) is 11.3 Å². The predicted molar refractivity (Wildman–Crippen MR) is 78.4 cm³/mol. The number of phenols is 1. The summed E-state index contributed by atoms with van der Waals surface area (Å²) in [4.78, 5) is 4.29. The summed E-state index contributed by atoms with van der Waals surface area (Å²) in [6, 6.07) is 13.4. The van der Waals surface area contributed by atoms with Gasteiger partial charge in [-0.25, -0.2) is 4.98 Å². The summed E-state index contributed by atoms with van der Waals surface area (Å²) in [7, 11) is 0. The van der Waals surface area contributed by atoms with Gasteiger partial charge >= 0.3 is 0 Å². The number of fused-ring (bicyclic) bond motifs is 1. The first-order valence-corrected chi connectivity index (χ1v) is 6.71. The summed E-state index contributed by atoms with van der Waals surface area (Å²) >= 11 is 1.56. The van der Waals surface area contributed by atoms with Crippen LogP contribution >= 0.6 is 11.3 Å². The van der Waals surface area contributed by atoms with Crippen LogP contribution in [0.3, 0.4) is 0 Å². The highest BCUT2D eigenvalue weighted by Gasteiger charge is 2.06. The predicted octanol–water partition coefficient (Wildman–Crippen LogP) is 3.71. The molecule has 3 heteroatoms. The van der Waals surface area contributed by atoms with Crippen molar-refractivity contribution in [2.45, 2.75) is 6.92 Å². The average molecular weight is 265 g/mol. The molecule has 0 aliphatic rings. The monoisotopic (exact) mass is 265 g/mol. The molecule has 0 aliphatic carbocycles. The van der Waals surface area contributed by atoms with Gasteiger partial charge in [0.25, 0.3) is 0 Å². The average Bonchev–Trinajstić information content (AvgIpc) is 2.79. The molecule has 2 aromatic carbocycles. The van der Waals surface area contributed by atoms with Crippen LogP contribution in [0.4, 0.5) is 0 Å². The summed E-state index contributed by atoms with van der Waals surface area (Å²) in [5, 5.41) is 10.9. The van der Waals surface area contributed by atoms with Crippen molar-refractivity contribution in [3.8, 4) is 17.6 Å². The Morgan fingerprint density at radius 2 is 1.79 bits per heavy atom. The van der Waals surface area contributed by atoms with Gasteiger partial charge in [0.15, 0.2) is 0 Å². The fourth-order valence-corrected chi connectivity index (χ4v) is 2.75. The Morgan fingerprint density at radius 3 is 2.58 bits per heavy atom. The van der Waals surface area contributed by atoms with Crippen LogP contribution in [0, 0.1) is 18.8 Å². The zero-order valence-electron chi connectivity index (χ0n) is 10.3. The summed E-state index contributed by atoms with van der Waals surface area (Å²) in [6.07, 6.45) is 0. The molecule has 0 unspecified atom stereocenters. The highest BCUT2D eigenvalue weighted by molar-refractivity contribution is 7.18. The van der Waals surface area contributed by atoms with E-state index in [9.17, 15) is 5.11 Å². The molecular weight excluding hydrogens is 254 g/mol. The third-order valence-electron chi connectivity index (χ3n) is 2.71. The molecule has 1 heterocycles. The normalized spacial score (nSPS) is 10.2. The molecule has 3 rings (SSSR count). The van der Waals surface area contributed by atoms with Crippen LogP contribution in [0.25, 0.3) is 10.2 Å². The van der Waals surface area contributed by atoms with Crippen molar-refractivity contribution in [3.63, 3.8) is 0 Å². The molecule has 1 N–H and O–H groups in total. The van der Waals surface area contributed by atoms with Crippen LogP contribution in [0.1, 0.15) is 16.1 Å². The lowest BCUT2D eigenvalue weighted by molar-refractivity contribution is 0.480. The molecule has 3 aromatic rings. The fraction of sp³-hybridized carbons (Fsp3) is 0.0625. The Hall–Kier alpha value is -2.31. The summed E-state index contributed by atoms with van der Waals surface area (Å²) in [6.45, 7) is 1.93. The largest absolute Gasteiger partial charge is 0.506 e. The number of benzene rings is 2. The van der Waals surface area contributed by atoms with E-state index in [4.69, 9.17) is 0 Å². The van der Waals surface area contributed by atoms with E-state index in [1.54, 1.807) is 17.4 Å². The molecule has 0 saturated heterocycles. The van der Waals surface area contributed by atoms with Gasteiger partial charge in [-0.3, -0.25) is 0 Å². The van der Waals surface area contributed by atoms with Gasteiger partial charge in [-0.1, -0.05) is 30.0 Å². The number of thiazole rings is 1. The zero-order valence-corrected chi connectivity index (χ0v) is 11.2. The van der Waals surface area contributed by atoms with Gasteiger partial charge in [-0.15, -0.1) is 11.3 Å². The van der Waals surface area contributed by atoms with Crippen LogP contribution < -0.4 is 0 Å². The maximum atomic E-state index is 9.94. The third-order valence-corrected chi connectivity index (χ3v) is 3.62. The van der Waals surface area contributed by atoms with Crippen molar-refractivity contribution < 1.29 is 5.11 Å². The lowest BCUT2D eigenvalue weighted by Gasteiger charge is -1.95. The first kappa shape index (κ1) is 11.8. The number of phenolic OH excluding ortho intramolecular Hbond substituents is 1. The summed E-state index contributed by atoms with van der Waals surface area (Å²) < 4.78 is 0.967. The van der Waals surface area contributed by atoms with E-state index in [2.05, 4.69) is 16.8 Å². The van der Waals surface area contributed by atoms with Gasteiger partial charge in [-0.05, 0) is 31.2 Å². The molecule has 1 aromatic heterocycles. The Bertz CT molecular complexity index is 794. The molecule has 0 spiro atoms. The quantitative estimate of drug-likeness (QED) is 0.629. The lowest BCUT2D eigenvalue weighted by Crippen LogP contribution is -1.78. The summed E-state index contributed by atoms with van der Waals surface area (Å²) in [5.74, 6) is 6.35. The van der Waals surface area contributed by atoms with E-state index in [1.165, 1.54) is 0 Å². The van der Waals surface area contributed by atoms with E-state index >= 15 is 0 Å². The number of nitrogens with zero attached hydrogens (tertiary/aromatic N) is 1. The first-order chi connectivity index (χ1) is 9.22. The van der Waals surface area contributed by atoms with Gasteiger partial charge in [-0.2, -0.15) is 0 Å². The Labute approximate surface area is 115 Å². The second kappa shape index (κ2) is 4.75. The first-order valence-electron chi connectivity index (χ1n) is 5.89. The Kier molecular flexibility index (Phi) is 2.94. The van der Waals surface area contributed by atoms with Crippen molar-refractivity contribution >= 4 is 21.6 Å². The van der Waals surface area contributed by atoms with E-state index in [0.29, 0.717) is 5.52 Å². The number of hydrogen-bond acceptors (Lipinski definition) is 3. The van der Waals surface area contributed by atoms with Crippen LogP contribution in [0.5, 0.6) is 5.75 Å². The second-order valence-corrected chi connectivity index (χ2v) is 5.43. The van der Waals surface area contributed by atoms with Crippen molar-refractivity contribution in [2.75, 3.05) is 0 Å². The van der Waals surface area contributed by atoms with E-state index in [1.807, 2.05) is 43.3 Å². The number of aryl methyl sites for hydroxylation is 1. The molecular formula is C16H11NOS. The number of hydrogen-bond donors (Lipinski definition) is 1. The topological polar surface area (TPSA) is 33.1 Å². The molecule has 0 aliphatic heterocycles. The van der Waals surface area contributed by atoms with Gasteiger partial charge in [0, 0.05) is 11.1 Å². The molecule has 0 atom stereocenters. The second-order valence-electron chi connectivity index (χ2n) is 4.19. The smallest absolute Gasteiger partial charge is 0.143 e. The molecule has 92 valence electrons. The van der Waals surface area contributed by atoms with Crippen molar-refractivity contribution in [2.24, 2.45) is 0 Å². The minimum atomic E-state index is 0.194. The van der Waals surface area contributed by atoms with E-state index < -0.39 is 0 Å². The maximum Gasteiger partial charge on any atom is 0.143 e. The van der Waals surface area contributed by atoms with Crippen molar-refractivity contribution in [1.82, 2.24) is 4.98 Å². The van der Waals surface area contributed by atoms with Crippen LogP contribution in [0.15, 0.2) is 42.5 Å². The highest BCUT2D eigenvalue weighted by Crippen LogP contribution is 2.30. The third kappa shape index (κ3) is 2.44. The number of rotatable bonds is 0. The molecule has 0 fully saturated rings. The SMILES string of the molecule is Cc1nc2c(O)cc(C#Cc3ccccc3)cc2s1. The Balaban J connectivity index is 2.05. The minimum absolute atomic E-state index is 0.194. The van der Waals surface area contributed by atoms with Crippen molar-refractivity contribution in [1.29, 1.82) is 0 Å². The maximum absolute atomic E-state index is 9.94.